The quantitative estimate of drug-likeness (QED) is 0.422. The van der Waals surface area contributed by atoms with Gasteiger partial charge in [-0.25, -0.2) is 0 Å². The van der Waals surface area contributed by atoms with Crippen molar-refractivity contribution in [2.24, 2.45) is 17.8 Å². The van der Waals surface area contributed by atoms with Gasteiger partial charge < -0.3 is 39.2 Å². The lowest BCUT2D eigenvalue weighted by molar-refractivity contribution is -0.301. The first-order valence-electron chi connectivity index (χ1n) is 14.4. The number of hydrogen-bond acceptors (Lipinski definition) is 10. The number of methoxy groups -OCH3 is 1. The van der Waals surface area contributed by atoms with Crippen molar-refractivity contribution in [3.63, 3.8) is 0 Å². The summed E-state index contributed by atoms with van der Waals surface area (Å²) in [6, 6.07) is -0.220. The zero-order chi connectivity index (χ0) is 30.7. The predicted octanol–water partition coefficient (Wildman–Crippen LogP) is 2.46. The second kappa shape index (κ2) is 13.7. The number of ether oxygens (including phenoxy) is 4. The lowest BCUT2D eigenvalue weighted by Crippen LogP contribution is -2.59. The highest BCUT2D eigenvalue weighted by molar-refractivity contribution is 5.96. The van der Waals surface area contributed by atoms with E-state index in [1.165, 1.54) is 20.1 Å². The molecule has 1 fully saturated rings. The molecule has 1 saturated heterocycles. The number of carbonyl (C=O) groups excluding carboxylic acids is 2. The number of nitrogens with zero attached hydrogens (tertiary/aromatic N) is 1. The van der Waals surface area contributed by atoms with E-state index in [4.69, 9.17) is 18.9 Å². The Labute approximate surface area is 240 Å². The van der Waals surface area contributed by atoms with Crippen molar-refractivity contribution >= 4 is 11.8 Å². The number of hydrogen-bond donors (Lipinski definition) is 3. The van der Waals surface area contributed by atoms with E-state index in [2.05, 4.69) is 0 Å². The molecule has 0 aromatic rings. The molecule has 2 aliphatic heterocycles. The zero-order valence-electron chi connectivity index (χ0n) is 26.2. The zero-order valence-corrected chi connectivity index (χ0v) is 26.2. The van der Waals surface area contributed by atoms with Gasteiger partial charge in [-0.2, -0.15) is 0 Å². The van der Waals surface area contributed by atoms with Gasteiger partial charge in [-0.1, -0.05) is 20.8 Å². The first-order valence-corrected chi connectivity index (χ1v) is 14.4. The third-order valence-electron chi connectivity index (χ3n) is 8.86. The van der Waals surface area contributed by atoms with Gasteiger partial charge in [-0.3, -0.25) is 9.59 Å². The SMILES string of the molecule is CC[C@H]1OC(=O)[C@H](C)[C@@H](O)[C@H](C)[C@@H](O[C@@H]2O[C@H](C)C[C@H](N(C)C)[C@H]2O)[C@](C)(OC)C[C@@H](C)C(=O)/C(C)=C/[C@]1(C)O. The molecule has 2 heterocycles. The Morgan fingerprint density at radius 1 is 1.10 bits per heavy atom. The molecule has 10 heteroatoms. The minimum atomic E-state index is -1.59. The fourth-order valence-corrected chi connectivity index (χ4v) is 6.27. The Kier molecular flexibility index (Phi) is 11.9. The fourth-order valence-electron chi connectivity index (χ4n) is 6.27. The Bertz CT molecular complexity index is 906. The number of Topliss-reactive ketones (excluding diaryl/α,β-unsaturated/α-hetero) is 1. The molecule has 2 aliphatic rings. The van der Waals surface area contributed by atoms with Crippen LogP contribution in [0.15, 0.2) is 11.6 Å². The summed E-state index contributed by atoms with van der Waals surface area (Å²) in [5.41, 5.74) is -2.38. The fraction of sp³-hybridized carbons (Fsp3) is 0.867. The minimum absolute atomic E-state index is 0.197. The number of ketones is 1. The summed E-state index contributed by atoms with van der Waals surface area (Å²) in [4.78, 5) is 28.6. The summed E-state index contributed by atoms with van der Waals surface area (Å²) in [5, 5.41) is 33.8. The van der Waals surface area contributed by atoms with E-state index in [0.29, 0.717) is 18.4 Å². The summed E-state index contributed by atoms with van der Waals surface area (Å²) >= 11 is 0. The molecule has 0 unspecified atom stereocenters. The number of carbonyl (C=O) groups is 2. The van der Waals surface area contributed by atoms with Gasteiger partial charge in [0.05, 0.1) is 29.8 Å². The molecule has 0 amide bonds. The summed E-state index contributed by atoms with van der Waals surface area (Å²) < 4.78 is 24.3. The summed E-state index contributed by atoms with van der Waals surface area (Å²) in [7, 11) is 5.28. The lowest BCUT2D eigenvalue weighted by atomic mass is 9.76. The van der Waals surface area contributed by atoms with Crippen molar-refractivity contribution in [3.8, 4) is 0 Å². The van der Waals surface area contributed by atoms with Crippen LogP contribution in [0.2, 0.25) is 0 Å². The first kappa shape index (κ1) is 34.8. The van der Waals surface area contributed by atoms with Crippen molar-refractivity contribution in [3.05, 3.63) is 11.6 Å². The van der Waals surface area contributed by atoms with Crippen molar-refractivity contribution < 1.29 is 43.9 Å². The number of likely N-dealkylation sites (N-methyl/N-ethyl adjacent to an activating group) is 1. The molecule has 0 aromatic carbocycles. The van der Waals surface area contributed by atoms with Gasteiger partial charge in [0.1, 0.15) is 17.8 Å². The average molecular weight is 572 g/mol. The summed E-state index contributed by atoms with van der Waals surface area (Å²) in [6.45, 7) is 13.7. The van der Waals surface area contributed by atoms with Crippen LogP contribution in [0.3, 0.4) is 0 Å². The van der Waals surface area contributed by atoms with Crippen molar-refractivity contribution in [1.29, 1.82) is 0 Å². The van der Waals surface area contributed by atoms with Gasteiger partial charge in [0, 0.05) is 25.0 Å². The molecule has 0 saturated carbocycles. The number of esters is 1. The van der Waals surface area contributed by atoms with Crippen LogP contribution in [0.25, 0.3) is 0 Å². The molecule has 40 heavy (non-hydrogen) atoms. The van der Waals surface area contributed by atoms with Crippen LogP contribution in [-0.2, 0) is 28.5 Å². The predicted molar refractivity (Wildman–Crippen MR) is 150 cm³/mol. The van der Waals surface area contributed by atoms with Crippen molar-refractivity contribution in [2.75, 3.05) is 21.2 Å². The Morgan fingerprint density at radius 3 is 2.23 bits per heavy atom. The maximum atomic E-state index is 13.5. The normalized spacial score (nSPS) is 45.9. The molecule has 12 atom stereocenters. The molecule has 0 spiro atoms. The first-order chi connectivity index (χ1) is 18.4. The second-order valence-corrected chi connectivity index (χ2v) is 12.6. The van der Waals surface area contributed by atoms with E-state index in [0.717, 1.165) is 0 Å². The van der Waals surface area contributed by atoms with E-state index in [9.17, 15) is 24.9 Å². The monoisotopic (exact) mass is 571 g/mol. The second-order valence-electron chi connectivity index (χ2n) is 12.6. The van der Waals surface area contributed by atoms with Crippen LogP contribution in [0, 0.1) is 17.8 Å². The molecule has 3 N–H and O–H groups in total. The van der Waals surface area contributed by atoms with Crippen LogP contribution in [-0.4, -0.2) is 107 Å². The number of rotatable bonds is 5. The van der Waals surface area contributed by atoms with E-state index in [-0.39, 0.29) is 24.3 Å². The maximum absolute atomic E-state index is 13.5. The third-order valence-corrected chi connectivity index (χ3v) is 8.86. The van der Waals surface area contributed by atoms with E-state index in [1.54, 1.807) is 41.5 Å². The van der Waals surface area contributed by atoms with E-state index < -0.39 is 65.6 Å². The van der Waals surface area contributed by atoms with Crippen LogP contribution >= 0.6 is 0 Å². The molecule has 10 nitrogen and oxygen atoms in total. The standard InChI is InChI=1S/C30H53NO9/c1-12-22-29(7,36)14-16(2)23(32)17(3)15-30(8,37-11)26(19(5)24(33)20(6)27(35)39-22)40-28-25(34)21(31(9)10)13-18(4)38-28/h14,17-22,24-26,28,33-34,36H,12-13,15H2,1-11H3/b16-14+/t17-,18-,19+,20-,21+,22-,24+,25-,26-,28+,29+,30-/m1/s1. The van der Waals surface area contributed by atoms with Crippen molar-refractivity contribution in [2.45, 2.75) is 129 Å². The summed E-state index contributed by atoms with van der Waals surface area (Å²) in [6.07, 6.45) is -2.68. The van der Waals surface area contributed by atoms with E-state index >= 15 is 0 Å². The van der Waals surface area contributed by atoms with Crippen molar-refractivity contribution in [1.82, 2.24) is 4.90 Å². The Hall–Kier alpha value is -1.40. The molecule has 0 radical (unpaired) electrons. The minimum Gasteiger partial charge on any atom is -0.459 e. The topological polar surface area (TPSA) is 135 Å². The Balaban J connectivity index is 2.61. The van der Waals surface area contributed by atoms with Gasteiger partial charge in [0.2, 0.25) is 0 Å². The van der Waals surface area contributed by atoms with Crippen LogP contribution < -0.4 is 0 Å². The molecule has 0 aromatic heterocycles. The molecule has 232 valence electrons. The molecule has 2 rings (SSSR count). The highest BCUT2D eigenvalue weighted by atomic mass is 16.7. The highest BCUT2D eigenvalue weighted by Gasteiger charge is 2.49. The molecule has 0 aliphatic carbocycles. The number of aliphatic hydroxyl groups is 3. The maximum Gasteiger partial charge on any atom is 0.311 e. The third kappa shape index (κ3) is 7.70. The smallest absolute Gasteiger partial charge is 0.311 e. The molecular weight excluding hydrogens is 518 g/mol. The van der Waals surface area contributed by atoms with Crippen LogP contribution in [0.1, 0.15) is 74.7 Å². The lowest BCUT2D eigenvalue weighted by Gasteiger charge is -2.47. The summed E-state index contributed by atoms with van der Waals surface area (Å²) in [5.74, 6) is -3.09. The number of aliphatic hydroxyl groups excluding tert-OH is 2. The van der Waals surface area contributed by atoms with Crippen LogP contribution in [0.5, 0.6) is 0 Å². The average Bonchev–Trinajstić information content (AvgIpc) is 2.88. The van der Waals surface area contributed by atoms with Crippen LogP contribution in [0.4, 0.5) is 0 Å². The van der Waals surface area contributed by atoms with E-state index in [1.807, 2.05) is 25.9 Å². The van der Waals surface area contributed by atoms with Gasteiger partial charge in [-0.05, 0) is 79.6 Å². The molecular formula is C30H53NO9. The number of cyclic esters (lactones) is 1. The highest BCUT2D eigenvalue weighted by Crippen LogP contribution is 2.38. The molecule has 0 bridgehead atoms. The van der Waals surface area contributed by atoms with Gasteiger partial charge in [0.25, 0.3) is 0 Å². The Morgan fingerprint density at radius 2 is 1.70 bits per heavy atom. The van der Waals surface area contributed by atoms with Gasteiger partial charge in [-0.15, -0.1) is 0 Å². The van der Waals surface area contributed by atoms with Gasteiger partial charge >= 0.3 is 5.97 Å². The number of allylic oxidation sites excluding steroid dienone is 1. The largest absolute Gasteiger partial charge is 0.459 e. The van der Waals surface area contributed by atoms with Gasteiger partial charge in [0.15, 0.2) is 12.1 Å².